The molecule has 0 saturated heterocycles. The van der Waals surface area contributed by atoms with Crippen LogP contribution in [0.5, 0.6) is 0 Å². The van der Waals surface area contributed by atoms with Crippen LogP contribution in [0, 0.1) is 0 Å². The van der Waals surface area contributed by atoms with Crippen LogP contribution in [-0.2, 0) is 0 Å². The van der Waals surface area contributed by atoms with Crippen LogP contribution in [0.25, 0.3) is 89.7 Å². The molecule has 6 heterocycles. The van der Waals surface area contributed by atoms with Crippen LogP contribution in [0.1, 0.15) is 0 Å². The van der Waals surface area contributed by atoms with E-state index in [0.29, 0.717) is 46.1 Å². The van der Waals surface area contributed by atoms with Crippen LogP contribution in [0.2, 0.25) is 0 Å². The second-order valence-electron chi connectivity index (χ2n) is 10.2. The van der Waals surface area contributed by atoms with Crippen LogP contribution in [0.3, 0.4) is 0 Å². The zero-order valence-electron chi connectivity index (χ0n) is 22.8. The standard InChI is InChI=1S/C34H18N8O2/c1-4-19(31-39-41-33(43-31)29-10-8-23-21-6-2-16-35-25(21)12-14-27(23)37-29)18-20(5-1)32-40-42-34(44-32)30-11-9-24-22-7-3-17-36-26(22)13-15-28(24)38-30/h1-18H. The molecule has 0 saturated carbocycles. The molecule has 0 spiro atoms. The molecule has 6 aromatic heterocycles. The maximum absolute atomic E-state index is 6.05. The van der Waals surface area contributed by atoms with E-state index in [1.807, 2.05) is 97.1 Å². The van der Waals surface area contributed by atoms with E-state index in [0.717, 1.165) is 43.6 Å². The van der Waals surface area contributed by atoms with E-state index < -0.39 is 0 Å². The van der Waals surface area contributed by atoms with E-state index >= 15 is 0 Å². The summed E-state index contributed by atoms with van der Waals surface area (Å²) in [5, 5.41) is 21.2. The highest BCUT2D eigenvalue weighted by atomic mass is 16.4. The minimum absolute atomic E-state index is 0.324. The molecule has 10 nitrogen and oxygen atoms in total. The van der Waals surface area contributed by atoms with Crippen LogP contribution >= 0.6 is 0 Å². The lowest BCUT2D eigenvalue weighted by Crippen LogP contribution is -1.87. The van der Waals surface area contributed by atoms with Gasteiger partial charge >= 0.3 is 0 Å². The van der Waals surface area contributed by atoms with Crippen molar-refractivity contribution in [3.63, 3.8) is 0 Å². The third kappa shape index (κ3) is 3.97. The van der Waals surface area contributed by atoms with E-state index in [1.165, 1.54) is 0 Å². The van der Waals surface area contributed by atoms with Crippen molar-refractivity contribution in [2.45, 2.75) is 0 Å². The molecule has 0 unspecified atom stereocenters. The monoisotopic (exact) mass is 570 g/mol. The highest BCUT2D eigenvalue weighted by molar-refractivity contribution is 6.05. The molecule has 3 aromatic carbocycles. The van der Waals surface area contributed by atoms with Gasteiger partial charge < -0.3 is 8.83 Å². The molecule has 0 bridgehead atoms. The Morgan fingerprint density at radius 1 is 0.386 bits per heavy atom. The predicted octanol–water partition coefficient (Wildman–Crippen LogP) is 7.31. The zero-order valence-corrected chi connectivity index (χ0v) is 22.8. The number of pyridine rings is 4. The average Bonchev–Trinajstić information content (AvgIpc) is 3.79. The summed E-state index contributed by atoms with van der Waals surface area (Å²) in [4.78, 5) is 18.4. The molecule has 0 radical (unpaired) electrons. The van der Waals surface area contributed by atoms with E-state index in [-0.39, 0.29) is 0 Å². The SMILES string of the molecule is c1cc(-c2nnc(-c3ccc4c(ccc5ncccc54)n3)o2)cc(-c2nnc(-c3ccc4c(ccc5ncccc54)n3)o2)c1. The minimum atomic E-state index is 0.324. The van der Waals surface area contributed by atoms with Crippen molar-refractivity contribution in [3.8, 4) is 46.1 Å². The molecule has 10 heteroatoms. The Bertz CT molecular complexity index is 2370. The van der Waals surface area contributed by atoms with Crippen molar-refractivity contribution in [3.05, 3.63) is 109 Å². The molecule has 0 fully saturated rings. The molecule has 206 valence electrons. The number of aromatic nitrogens is 8. The maximum atomic E-state index is 6.05. The van der Waals surface area contributed by atoms with Gasteiger partial charge in [-0.2, -0.15) is 0 Å². The van der Waals surface area contributed by atoms with Crippen molar-refractivity contribution >= 4 is 43.6 Å². The first-order valence-electron chi connectivity index (χ1n) is 13.8. The molecule has 0 atom stereocenters. The third-order valence-electron chi connectivity index (χ3n) is 7.55. The second kappa shape index (κ2) is 9.57. The lowest BCUT2D eigenvalue weighted by atomic mass is 10.1. The first kappa shape index (κ1) is 24.2. The summed E-state index contributed by atoms with van der Waals surface area (Å²) >= 11 is 0. The van der Waals surface area contributed by atoms with Crippen LogP contribution in [0.4, 0.5) is 0 Å². The fraction of sp³-hybridized carbons (Fsp3) is 0. The quantitative estimate of drug-likeness (QED) is 0.198. The van der Waals surface area contributed by atoms with Gasteiger partial charge in [-0.15, -0.1) is 20.4 Å². The van der Waals surface area contributed by atoms with Gasteiger partial charge in [0.1, 0.15) is 11.4 Å². The highest BCUT2D eigenvalue weighted by Gasteiger charge is 2.17. The maximum Gasteiger partial charge on any atom is 0.266 e. The van der Waals surface area contributed by atoms with Gasteiger partial charge in [-0.3, -0.25) is 9.97 Å². The van der Waals surface area contributed by atoms with Crippen molar-refractivity contribution in [1.82, 2.24) is 40.3 Å². The normalized spacial score (nSPS) is 11.6. The van der Waals surface area contributed by atoms with Crippen LogP contribution in [0.15, 0.2) is 118 Å². The summed E-state index contributed by atoms with van der Waals surface area (Å²) in [7, 11) is 0. The molecule has 9 aromatic rings. The summed E-state index contributed by atoms with van der Waals surface area (Å²) in [6.07, 6.45) is 3.56. The molecule has 0 N–H and O–H groups in total. The Kier molecular flexibility index (Phi) is 5.26. The lowest BCUT2D eigenvalue weighted by Gasteiger charge is -2.03. The van der Waals surface area contributed by atoms with Gasteiger partial charge in [0.15, 0.2) is 0 Å². The molecule has 0 amide bonds. The molecule has 44 heavy (non-hydrogen) atoms. The topological polar surface area (TPSA) is 129 Å². The highest BCUT2D eigenvalue weighted by Crippen LogP contribution is 2.31. The Hall–Kier alpha value is -6.42. The van der Waals surface area contributed by atoms with Gasteiger partial charge in [-0.05, 0) is 78.9 Å². The molecule has 9 rings (SSSR count). The third-order valence-corrected chi connectivity index (χ3v) is 7.55. The minimum Gasteiger partial charge on any atom is -0.415 e. The zero-order chi connectivity index (χ0) is 29.0. The smallest absolute Gasteiger partial charge is 0.266 e. The van der Waals surface area contributed by atoms with Gasteiger partial charge in [-0.1, -0.05) is 18.2 Å². The largest absolute Gasteiger partial charge is 0.415 e. The van der Waals surface area contributed by atoms with Gasteiger partial charge in [0.25, 0.3) is 11.8 Å². The Balaban J connectivity index is 1.02. The van der Waals surface area contributed by atoms with E-state index in [4.69, 9.17) is 18.8 Å². The molecule has 0 aliphatic heterocycles. The summed E-state index contributed by atoms with van der Waals surface area (Å²) in [6.45, 7) is 0. The molecule has 0 aliphatic carbocycles. The summed E-state index contributed by atoms with van der Waals surface area (Å²) in [5.74, 6) is 1.35. The Labute approximate surface area is 248 Å². The van der Waals surface area contributed by atoms with E-state index in [2.05, 4.69) is 30.4 Å². The number of benzene rings is 3. The van der Waals surface area contributed by atoms with Crippen molar-refractivity contribution in [2.75, 3.05) is 0 Å². The fourth-order valence-electron chi connectivity index (χ4n) is 5.44. The molecular weight excluding hydrogens is 552 g/mol. The van der Waals surface area contributed by atoms with Gasteiger partial charge in [-0.25, -0.2) is 9.97 Å². The number of fused-ring (bicyclic) bond motifs is 6. The first-order valence-corrected chi connectivity index (χ1v) is 13.8. The van der Waals surface area contributed by atoms with Crippen molar-refractivity contribution < 1.29 is 8.83 Å². The Morgan fingerprint density at radius 3 is 1.36 bits per heavy atom. The summed E-state index contributed by atoms with van der Waals surface area (Å²) in [5.41, 5.74) is 6.08. The van der Waals surface area contributed by atoms with Crippen molar-refractivity contribution in [2.24, 2.45) is 0 Å². The van der Waals surface area contributed by atoms with Gasteiger partial charge in [0.05, 0.1) is 22.1 Å². The first-order chi connectivity index (χ1) is 21.8. The molecular formula is C34H18N8O2. The number of hydrogen-bond donors (Lipinski definition) is 0. The van der Waals surface area contributed by atoms with Crippen LogP contribution < -0.4 is 0 Å². The Morgan fingerprint density at radius 2 is 0.841 bits per heavy atom. The lowest BCUT2D eigenvalue weighted by molar-refractivity contribution is 0.580. The van der Waals surface area contributed by atoms with E-state index in [1.54, 1.807) is 12.4 Å². The van der Waals surface area contributed by atoms with Crippen molar-refractivity contribution in [1.29, 1.82) is 0 Å². The molecule has 0 aliphatic rings. The van der Waals surface area contributed by atoms with E-state index in [9.17, 15) is 0 Å². The summed E-state index contributed by atoms with van der Waals surface area (Å²) < 4.78 is 12.1. The predicted molar refractivity (Wildman–Crippen MR) is 165 cm³/mol. The average molecular weight is 571 g/mol. The number of hydrogen-bond acceptors (Lipinski definition) is 10. The number of nitrogens with zero attached hydrogens (tertiary/aromatic N) is 8. The second-order valence-corrected chi connectivity index (χ2v) is 10.2. The van der Waals surface area contributed by atoms with Gasteiger partial charge in [0.2, 0.25) is 11.8 Å². The van der Waals surface area contributed by atoms with Crippen LogP contribution in [-0.4, -0.2) is 40.3 Å². The fourth-order valence-corrected chi connectivity index (χ4v) is 5.44. The number of rotatable bonds is 4. The summed E-state index contributed by atoms with van der Waals surface area (Å²) in [6, 6.07) is 31.0. The van der Waals surface area contributed by atoms with Gasteiger partial charge in [0, 0.05) is 45.1 Å².